The molecule has 1 rings (SSSR count). The van der Waals surface area contributed by atoms with Gasteiger partial charge in [-0.1, -0.05) is 0 Å². The van der Waals surface area contributed by atoms with Crippen LogP contribution in [0.25, 0.3) is 0 Å². The smallest absolute Gasteiger partial charge is 0.377 e. The first kappa shape index (κ1) is 15.1. The summed E-state index contributed by atoms with van der Waals surface area (Å²) in [5, 5.41) is 3.06. The van der Waals surface area contributed by atoms with Crippen LogP contribution >= 0.6 is 11.8 Å². The Bertz CT molecular complexity index is 228. The van der Waals surface area contributed by atoms with Crippen molar-refractivity contribution in [2.24, 2.45) is 0 Å². The first-order valence-electron chi connectivity index (χ1n) is 5.56. The molecule has 17 heavy (non-hydrogen) atoms. The Labute approximate surface area is 103 Å². The van der Waals surface area contributed by atoms with Gasteiger partial charge in [-0.2, -0.15) is 13.2 Å². The van der Waals surface area contributed by atoms with Gasteiger partial charge >= 0.3 is 5.51 Å². The van der Waals surface area contributed by atoms with Crippen molar-refractivity contribution in [2.75, 3.05) is 26.0 Å². The Hall–Kier alpha value is 0.0200. The van der Waals surface area contributed by atoms with Crippen LogP contribution in [0.1, 0.15) is 13.3 Å². The number of hydrogen-bond donors (Lipinski definition) is 1. The molecule has 0 saturated heterocycles. The second-order valence-corrected chi connectivity index (χ2v) is 4.94. The lowest BCUT2D eigenvalue weighted by Crippen LogP contribution is -2.60. The second-order valence-electron chi connectivity index (χ2n) is 3.78. The van der Waals surface area contributed by atoms with Crippen LogP contribution in [0, 0.1) is 0 Å². The third-order valence-corrected chi connectivity index (χ3v) is 3.41. The fourth-order valence-corrected chi connectivity index (χ4v) is 2.34. The molecule has 0 heterocycles. The lowest BCUT2D eigenvalue weighted by Gasteiger charge is -2.43. The number of rotatable bonds is 7. The summed E-state index contributed by atoms with van der Waals surface area (Å²) in [7, 11) is 1.59. The number of alkyl halides is 3. The van der Waals surface area contributed by atoms with E-state index in [0.29, 0.717) is 13.2 Å². The Kier molecular flexibility index (Phi) is 6.05. The first-order chi connectivity index (χ1) is 7.98. The average molecular weight is 273 g/mol. The van der Waals surface area contributed by atoms with Gasteiger partial charge in [-0.05, 0) is 25.1 Å². The van der Waals surface area contributed by atoms with Gasteiger partial charge in [0.2, 0.25) is 0 Å². The highest BCUT2D eigenvalue weighted by molar-refractivity contribution is 8.00. The zero-order chi connectivity index (χ0) is 12.9. The van der Waals surface area contributed by atoms with Crippen LogP contribution in [-0.4, -0.2) is 49.8 Å². The molecule has 0 aliphatic heterocycles. The van der Waals surface area contributed by atoms with Gasteiger partial charge in [0.1, 0.15) is 0 Å². The van der Waals surface area contributed by atoms with Crippen molar-refractivity contribution in [1.29, 1.82) is 0 Å². The van der Waals surface area contributed by atoms with Crippen LogP contribution in [0.3, 0.4) is 0 Å². The summed E-state index contributed by atoms with van der Waals surface area (Å²) in [6.07, 6.45) is 0.812. The molecule has 3 atom stereocenters. The molecule has 102 valence electrons. The van der Waals surface area contributed by atoms with Crippen LogP contribution in [0.4, 0.5) is 13.2 Å². The van der Waals surface area contributed by atoms with Crippen molar-refractivity contribution in [3.05, 3.63) is 0 Å². The molecule has 0 aromatic carbocycles. The zero-order valence-corrected chi connectivity index (χ0v) is 10.7. The van der Waals surface area contributed by atoms with E-state index in [0.717, 1.165) is 6.42 Å². The van der Waals surface area contributed by atoms with Gasteiger partial charge in [0.25, 0.3) is 0 Å². The van der Waals surface area contributed by atoms with E-state index in [-0.39, 0.29) is 35.8 Å². The highest BCUT2D eigenvalue weighted by Crippen LogP contribution is 2.30. The van der Waals surface area contributed by atoms with Gasteiger partial charge in [-0.25, -0.2) is 0 Å². The number of hydrogen-bond acceptors (Lipinski definition) is 4. The van der Waals surface area contributed by atoms with Crippen molar-refractivity contribution < 1.29 is 22.6 Å². The molecule has 0 aromatic heterocycles. The summed E-state index contributed by atoms with van der Waals surface area (Å²) in [5.74, 6) is 0.0235. The van der Waals surface area contributed by atoms with Gasteiger partial charge in [0, 0.05) is 32.1 Å². The van der Waals surface area contributed by atoms with E-state index in [1.54, 1.807) is 7.11 Å². The normalized spacial score (nSPS) is 29.1. The van der Waals surface area contributed by atoms with E-state index in [4.69, 9.17) is 9.47 Å². The predicted octanol–water partition coefficient (Wildman–Crippen LogP) is 2.02. The summed E-state index contributed by atoms with van der Waals surface area (Å²) in [6.45, 7) is 2.86. The minimum atomic E-state index is -4.14. The van der Waals surface area contributed by atoms with Gasteiger partial charge in [-0.3, -0.25) is 0 Å². The highest BCUT2D eigenvalue weighted by Gasteiger charge is 2.41. The Morgan fingerprint density at radius 2 is 2.12 bits per heavy atom. The molecule has 0 radical (unpaired) electrons. The topological polar surface area (TPSA) is 30.5 Å². The molecule has 3 nitrogen and oxygen atoms in total. The van der Waals surface area contributed by atoms with E-state index in [9.17, 15) is 13.2 Å². The molecule has 0 bridgehead atoms. The van der Waals surface area contributed by atoms with Crippen LogP contribution < -0.4 is 5.32 Å². The maximum absolute atomic E-state index is 11.9. The molecule has 0 spiro atoms. The van der Waals surface area contributed by atoms with Crippen LogP contribution in [0.2, 0.25) is 0 Å². The molecule has 1 N–H and O–H groups in total. The zero-order valence-electron chi connectivity index (χ0n) is 9.92. The fraction of sp³-hybridized carbons (Fsp3) is 1.00. The van der Waals surface area contributed by atoms with E-state index in [2.05, 4.69) is 5.32 Å². The van der Waals surface area contributed by atoms with Crippen molar-refractivity contribution in [3.8, 4) is 0 Å². The second kappa shape index (κ2) is 6.82. The van der Waals surface area contributed by atoms with Gasteiger partial charge in [0.15, 0.2) is 0 Å². The van der Waals surface area contributed by atoms with Crippen molar-refractivity contribution >= 4 is 11.8 Å². The number of methoxy groups -OCH3 is 1. The minimum Gasteiger partial charge on any atom is -0.377 e. The quantitative estimate of drug-likeness (QED) is 0.719. The van der Waals surface area contributed by atoms with Gasteiger partial charge < -0.3 is 14.8 Å². The van der Waals surface area contributed by atoms with E-state index in [1.807, 2.05) is 6.92 Å². The summed E-state index contributed by atoms with van der Waals surface area (Å²) >= 11 is -0.00454. The number of thioether (sulfide) groups is 1. The van der Waals surface area contributed by atoms with Crippen molar-refractivity contribution in [1.82, 2.24) is 5.32 Å². The molecule has 1 saturated carbocycles. The Morgan fingerprint density at radius 3 is 2.65 bits per heavy atom. The van der Waals surface area contributed by atoms with Crippen LogP contribution in [0.15, 0.2) is 0 Å². The summed E-state index contributed by atoms with van der Waals surface area (Å²) in [4.78, 5) is 0. The van der Waals surface area contributed by atoms with E-state index < -0.39 is 5.51 Å². The molecular formula is C10H18F3NO2S. The van der Waals surface area contributed by atoms with Gasteiger partial charge in [-0.15, -0.1) is 0 Å². The van der Waals surface area contributed by atoms with Crippen molar-refractivity contribution in [3.63, 3.8) is 0 Å². The SMILES string of the molecule is CCOC1CC(NCCSC(F)(F)F)C1OC. The third kappa shape index (κ3) is 5.03. The third-order valence-electron chi connectivity index (χ3n) is 2.68. The molecule has 0 aromatic rings. The number of nitrogens with one attached hydrogen (secondary N) is 1. The minimum absolute atomic E-state index is 0.00454. The molecule has 3 unspecified atom stereocenters. The van der Waals surface area contributed by atoms with E-state index in [1.165, 1.54) is 0 Å². The maximum Gasteiger partial charge on any atom is 0.441 e. The van der Waals surface area contributed by atoms with Crippen molar-refractivity contribution in [2.45, 2.75) is 37.1 Å². The maximum atomic E-state index is 11.9. The Balaban J connectivity index is 2.12. The molecule has 1 aliphatic carbocycles. The average Bonchev–Trinajstić information content (AvgIpc) is 2.20. The monoisotopic (exact) mass is 273 g/mol. The molecular weight excluding hydrogens is 255 g/mol. The largest absolute Gasteiger partial charge is 0.441 e. The molecule has 7 heteroatoms. The predicted molar refractivity (Wildman–Crippen MR) is 61.1 cm³/mol. The molecule has 1 aliphatic rings. The summed E-state index contributed by atoms with van der Waals surface area (Å²) in [6, 6.07) is 0.102. The summed E-state index contributed by atoms with van der Waals surface area (Å²) < 4.78 is 46.3. The molecule has 0 amide bonds. The first-order valence-corrected chi connectivity index (χ1v) is 6.55. The summed E-state index contributed by atoms with van der Waals surface area (Å²) in [5.41, 5.74) is -4.14. The number of ether oxygens (including phenoxy) is 2. The fourth-order valence-electron chi connectivity index (χ4n) is 1.89. The standard InChI is InChI=1S/C10H18F3NO2S/c1-3-16-8-6-7(9(8)15-2)14-4-5-17-10(11,12)13/h7-9,14H,3-6H2,1-2H3. The lowest BCUT2D eigenvalue weighted by atomic mass is 9.85. The van der Waals surface area contributed by atoms with E-state index >= 15 is 0 Å². The Morgan fingerprint density at radius 1 is 1.41 bits per heavy atom. The lowest BCUT2D eigenvalue weighted by molar-refractivity contribution is -0.130. The number of halogens is 3. The van der Waals surface area contributed by atoms with Crippen LogP contribution in [0.5, 0.6) is 0 Å². The van der Waals surface area contributed by atoms with Gasteiger partial charge in [0.05, 0.1) is 12.2 Å². The highest BCUT2D eigenvalue weighted by atomic mass is 32.2. The van der Waals surface area contributed by atoms with Crippen LogP contribution in [-0.2, 0) is 9.47 Å². The molecule has 1 fully saturated rings.